The van der Waals surface area contributed by atoms with Crippen LogP contribution in [0.15, 0.2) is 77.7 Å². The highest BCUT2D eigenvalue weighted by atomic mass is 35.5. The number of hydrogen-bond donors (Lipinski definition) is 2. The van der Waals surface area contributed by atoms with Gasteiger partial charge in [-0.3, -0.25) is 13.9 Å². The lowest BCUT2D eigenvalue weighted by Crippen LogP contribution is -2.39. The molecule has 1 atom stereocenters. The van der Waals surface area contributed by atoms with E-state index in [1.807, 2.05) is 13.8 Å². The maximum absolute atomic E-state index is 13.6. The van der Waals surface area contributed by atoms with E-state index in [9.17, 15) is 18.0 Å². The SMILES string of the molecule is CC[C@@H](C)NC(=O)c1ccccc1NC(=O)CN(c1cc(Cl)ccc1OC)S(=O)(=O)c1ccccc1. The van der Waals surface area contributed by atoms with Crippen LogP contribution in [0.3, 0.4) is 0 Å². The summed E-state index contributed by atoms with van der Waals surface area (Å²) in [7, 11) is -2.79. The van der Waals surface area contributed by atoms with Crippen molar-refractivity contribution in [2.24, 2.45) is 0 Å². The monoisotopic (exact) mass is 529 g/mol. The molecule has 36 heavy (non-hydrogen) atoms. The molecule has 0 aromatic heterocycles. The first-order valence-electron chi connectivity index (χ1n) is 11.3. The Labute approximate surface area is 216 Å². The first-order valence-corrected chi connectivity index (χ1v) is 13.1. The van der Waals surface area contributed by atoms with E-state index in [1.165, 1.54) is 31.4 Å². The van der Waals surface area contributed by atoms with E-state index in [0.717, 1.165) is 10.7 Å². The normalized spacial score (nSPS) is 11.9. The smallest absolute Gasteiger partial charge is 0.264 e. The molecule has 0 heterocycles. The van der Waals surface area contributed by atoms with E-state index in [2.05, 4.69) is 10.6 Å². The highest BCUT2D eigenvalue weighted by Gasteiger charge is 2.30. The molecule has 0 bridgehead atoms. The Hall–Kier alpha value is -3.56. The van der Waals surface area contributed by atoms with Gasteiger partial charge in [-0.25, -0.2) is 8.42 Å². The number of carbonyl (C=O) groups excluding carboxylic acids is 2. The zero-order chi connectivity index (χ0) is 26.3. The number of ether oxygens (including phenoxy) is 1. The predicted molar refractivity (Wildman–Crippen MR) is 141 cm³/mol. The number of methoxy groups -OCH3 is 1. The molecule has 0 fully saturated rings. The molecule has 3 aromatic rings. The molecule has 3 aromatic carbocycles. The Morgan fingerprint density at radius 3 is 2.36 bits per heavy atom. The number of carbonyl (C=O) groups is 2. The fourth-order valence-electron chi connectivity index (χ4n) is 3.39. The molecule has 2 N–H and O–H groups in total. The van der Waals surface area contributed by atoms with Crippen LogP contribution in [-0.2, 0) is 14.8 Å². The second kappa shape index (κ2) is 11.9. The van der Waals surface area contributed by atoms with Crippen molar-refractivity contribution >= 4 is 44.8 Å². The van der Waals surface area contributed by atoms with Crippen molar-refractivity contribution in [3.8, 4) is 5.75 Å². The van der Waals surface area contributed by atoms with Gasteiger partial charge in [0.05, 0.1) is 28.9 Å². The van der Waals surface area contributed by atoms with Crippen LogP contribution < -0.4 is 19.7 Å². The van der Waals surface area contributed by atoms with Crippen molar-refractivity contribution in [3.05, 3.63) is 83.4 Å². The number of hydrogen-bond acceptors (Lipinski definition) is 5. The van der Waals surface area contributed by atoms with Crippen molar-refractivity contribution in [1.82, 2.24) is 5.32 Å². The molecule has 0 spiro atoms. The Balaban J connectivity index is 1.97. The predicted octanol–water partition coefficient (Wildman–Crippen LogP) is 4.71. The van der Waals surface area contributed by atoms with Crippen LogP contribution in [-0.4, -0.2) is 39.9 Å². The summed E-state index contributed by atoms with van der Waals surface area (Å²) in [6.45, 7) is 3.24. The van der Waals surface area contributed by atoms with E-state index in [0.29, 0.717) is 0 Å². The highest BCUT2D eigenvalue weighted by molar-refractivity contribution is 7.92. The van der Waals surface area contributed by atoms with Gasteiger partial charge in [0.25, 0.3) is 15.9 Å². The summed E-state index contributed by atoms with van der Waals surface area (Å²) in [5.74, 6) is -0.772. The van der Waals surface area contributed by atoms with Gasteiger partial charge in [0.2, 0.25) is 5.91 Å². The van der Waals surface area contributed by atoms with E-state index >= 15 is 0 Å². The second-order valence-electron chi connectivity index (χ2n) is 8.02. The van der Waals surface area contributed by atoms with Crippen LogP contribution in [0.2, 0.25) is 5.02 Å². The number of sulfonamides is 1. The maximum atomic E-state index is 13.6. The average Bonchev–Trinajstić information content (AvgIpc) is 2.87. The lowest BCUT2D eigenvalue weighted by Gasteiger charge is -2.26. The van der Waals surface area contributed by atoms with Crippen LogP contribution in [0.5, 0.6) is 5.75 Å². The van der Waals surface area contributed by atoms with Crippen LogP contribution in [0.4, 0.5) is 11.4 Å². The van der Waals surface area contributed by atoms with Gasteiger partial charge in [-0.1, -0.05) is 48.9 Å². The van der Waals surface area contributed by atoms with Gasteiger partial charge >= 0.3 is 0 Å². The Morgan fingerprint density at radius 1 is 1.03 bits per heavy atom. The third kappa shape index (κ3) is 6.35. The zero-order valence-electron chi connectivity index (χ0n) is 20.2. The number of nitrogens with zero attached hydrogens (tertiary/aromatic N) is 1. The number of nitrogens with one attached hydrogen (secondary N) is 2. The minimum absolute atomic E-state index is 0.00633. The number of halogens is 1. The molecule has 0 unspecified atom stereocenters. The van der Waals surface area contributed by atoms with Crippen molar-refractivity contribution in [1.29, 1.82) is 0 Å². The standard InChI is InChI=1S/C26H28ClN3O5S/c1-4-18(2)28-26(32)21-12-8-9-13-22(21)29-25(31)17-30(23-16-19(27)14-15-24(23)35-3)36(33,34)20-10-6-5-7-11-20/h5-16,18H,4,17H2,1-3H3,(H,28,32)(H,29,31)/t18-/m1/s1. The van der Waals surface area contributed by atoms with E-state index < -0.39 is 22.5 Å². The quantitative estimate of drug-likeness (QED) is 0.396. The van der Waals surface area contributed by atoms with Crippen LogP contribution >= 0.6 is 11.6 Å². The Kier molecular flexibility index (Phi) is 8.95. The van der Waals surface area contributed by atoms with Crippen molar-refractivity contribution < 1.29 is 22.7 Å². The van der Waals surface area contributed by atoms with Crippen molar-refractivity contribution in [2.45, 2.75) is 31.2 Å². The second-order valence-corrected chi connectivity index (χ2v) is 10.3. The fraction of sp³-hybridized carbons (Fsp3) is 0.231. The van der Waals surface area contributed by atoms with Crippen LogP contribution in [0, 0.1) is 0 Å². The van der Waals surface area contributed by atoms with Gasteiger partial charge < -0.3 is 15.4 Å². The lowest BCUT2D eigenvalue weighted by molar-refractivity contribution is -0.114. The van der Waals surface area contributed by atoms with Gasteiger partial charge in [0.1, 0.15) is 12.3 Å². The molecule has 10 heteroatoms. The number of rotatable bonds is 10. The summed E-state index contributed by atoms with van der Waals surface area (Å²) in [5, 5.41) is 5.81. The summed E-state index contributed by atoms with van der Waals surface area (Å²) in [5.41, 5.74) is 0.633. The number of benzene rings is 3. The maximum Gasteiger partial charge on any atom is 0.264 e. The third-order valence-corrected chi connectivity index (χ3v) is 7.47. The van der Waals surface area contributed by atoms with Gasteiger partial charge in [0, 0.05) is 11.1 Å². The average molecular weight is 530 g/mol. The first kappa shape index (κ1) is 27.0. The van der Waals surface area contributed by atoms with Gasteiger partial charge in [-0.2, -0.15) is 0 Å². The number of anilines is 2. The Bertz CT molecular complexity index is 1330. The first-order chi connectivity index (χ1) is 17.2. The number of para-hydroxylation sites is 1. The van der Waals surface area contributed by atoms with E-state index in [1.54, 1.807) is 48.5 Å². The summed E-state index contributed by atoms with van der Waals surface area (Å²) in [6, 6.07) is 18.7. The Morgan fingerprint density at radius 2 is 1.69 bits per heavy atom. The summed E-state index contributed by atoms with van der Waals surface area (Å²) in [6.07, 6.45) is 0.744. The molecule has 190 valence electrons. The molecule has 0 saturated carbocycles. The zero-order valence-corrected chi connectivity index (χ0v) is 21.8. The van der Waals surface area contributed by atoms with Crippen LogP contribution in [0.25, 0.3) is 0 Å². The summed E-state index contributed by atoms with van der Waals surface area (Å²) >= 11 is 6.17. The van der Waals surface area contributed by atoms with Crippen LogP contribution in [0.1, 0.15) is 30.6 Å². The number of amides is 2. The fourth-order valence-corrected chi connectivity index (χ4v) is 5.00. The molecule has 0 aliphatic carbocycles. The largest absolute Gasteiger partial charge is 0.495 e. The van der Waals surface area contributed by atoms with Gasteiger partial charge in [-0.15, -0.1) is 0 Å². The molecule has 3 rings (SSSR count). The van der Waals surface area contributed by atoms with Crippen molar-refractivity contribution in [2.75, 3.05) is 23.3 Å². The molecular weight excluding hydrogens is 502 g/mol. The molecule has 0 aliphatic rings. The lowest BCUT2D eigenvalue weighted by atomic mass is 10.1. The van der Waals surface area contributed by atoms with Gasteiger partial charge in [0.15, 0.2) is 0 Å². The van der Waals surface area contributed by atoms with E-state index in [4.69, 9.17) is 16.3 Å². The van der Waals surface area contributed by atoms with E-state index in [-0.39, 0.29) is 44.6 Å². The molecule has 8 nitrogen and oxygen atoms in total. The summed E-state index contributed by atoms with van der Waals surface area (Å²) in [4.78, 5) is 25.9. The molecule has 0 radical (unpaired) electrons. The summed E-state index contributed by atoms with van der Waals surface area (Å²) < 4.78 is 33.5. The topological polar surface area (TPSA) is 105 Å². The third-order valence-electron chi connectivity index (χ3n) is 5.46. The molecule has 0 aliphatic heterocycles. The highest BCUT2D eigenvalue weighted by Crippen LogP contribution is 2.35. The van der Waals surface area contributed by atoms with Crippen molar-refractivity contribution in [3.63, 3.8) is 0 Å². The minimum atomic E-state index is -4.18. The molecular formula is C26H28ClN3O5S. The molecule has 2 amide bonds. The molecule has 0 saturated heterocycles. The van der Waals surface area contributed by atoms with Gasteiger partial charge in [-0.05, 0) is 55.8 Å². The minimum Gasteiger partial charge on any atom is -0.495 e.